The minimum atomic E-state index is -0.984. The molecule has 0 spiro atoms. The van der Waals surface area contributed by atoms with E-state index in [1.807, 2.05) is 26.1 Å². The van der Waals surface area contributed by atoms with Crippen LogP contribution in [0.5, 0.6) is 11.6 Å². The van der Waals surface area contributed by atoms with Gasteiger partial charge in [0.15, 0.2) is 5.75 Å². The first-order valence-electron chi connectivity index (χ1n) is 9.84. The fraction of sp³-hybridized carbons (Fsp3) is 0.714. The Morgan fingerprint density at radius 1 is 1.29 bits per heavy atom. The molecular formula is C21H36N2O5. The molecule has 0 saturated heterocycles. The third-order valence-corrected chi connectivity index (χ3v) is 4.78. The minimum absolute atomic E-state index is 0.384. The number of ether oxygens (including phenoxy) is 3. The lowest BCUT2D eigenvalue weighted by atomic mass is 9.80. The molecule has 160 valence electrons. The zero-order valence-corrected chi connectivity index (χ0v) is 18.1. The van der Waals surface area contributed by atoms with Crippen LogP contribution < -0.4 is 14.8 Å². The molecule has 0 bridgehead atoms. The Morgan fingerprint density at radius 3 is 2.57 bits per heavy atom. The van der Waals surface area contributed by atoms with E-state index in [9.17, 15) is 4.79 Å². The number of hydrogen-bond donors (Lipinski definition) is 2. The first-order chi connectivity index (χ1) is 13.2. The van der Waals surface area contributed by atoms with E-state index in [1.54, 1.807) is 14.2 Å². The van der Waals surface area contributed by atoms with E-state index < -0.39 is 11.6 Å². The molecule has 7 nitrogen and oxygen atoms in total. The molecule has 0 radical (unpaired) electrons. The normalized spacial score (nSPS) is 12.7. The molecule has 1 amide bonds. The molecule has 28 heavy (non-hydrogen) atoms. The summed E-state index contributed by atoms with van der Waals surface area (Å²) in [7, 11) is 3.25. The van der Waals surface area contributed by atoms with E-state index in [0.29, 0.717) is 36.7 Å². The summed E-state index contributed by atoms with van der Waals surface area (Å²) in [4.78, 5) is 15.4. The molecule has 1 rings (SSSR count). The highest BCUT2D eigenvalue weighted by atomic mass is 16.5. The Hall–Kier alpha value is -2.02. The Morgan fingerprint density at radius 2 is 2.00 bits per heavy atom. The number of rotatable bonds is 13. The third-order valence-electron chi connectivity index (χ3n) is 4.78. The van der Waals surface area contributed by atoms with E-state index in [0.717, 1.165) is 31.2 Å². The summed E-state index contributed by atoms with van der Waals surface area (Å²) in [5, 5.41) is 11.7. The van der Waals surface area contributed by atoms with E-state index in [-0.39, 0.29) is 0 Å². The number of carbonyl (C=O) groups is 1. The van der Waals surface area contributed by atoms with Crippen molar-refractivity contribution in [3.63, 3.8) is 0 Å². The highest BCUT2D eigenvalue weighted by Gasteiger charge is 2.26. The molecule has 0 fully saturated rings. The number of aromatic nitrogens is 1. The average Bonchev–Trinajstić information content (AvgIpc) is 2.61. The lowest BCUT2D eigenvalue weighted by Gasteiger charge is -2.32. The summed E-state index contributed by atoms with van der Waals surface area (Å²) in [6.45, 7) is 9.40. The molecule has 0 aliphatic rings. The number of amides is 1. The van der Waals surface area contributed by atoms with Gasteiger partial charge in [0.05, 0.1) is 13.7 Å². The Labute approximate surface area is 168 Å². The average molecular weight is 397 g/mol. The standard InChI is InChI=1S/C21H36N2O5/c1-15(2)17(13-21(3,4)23-20(24)25)9-8-16-12-18(19(27-6)22-14-16)28-11-7-10-26-5/h12,14-15,17,23H,7-11,13H2,1-6H3,(H,24,25)/t17-/m0/s1. The van der Waals surface area contributed by atoms with Crippen molar-refractivity contribution in [3.05, 3.63) is 17.8 Å². The van der Waals surface area contributed by atoms with Crippen molar-refractivity contribution < 1.29 is 24.1 Å². The van der Waals surface area contributed by atoms with Gasteiger partial charge in [-0.05, 0) is 56.6 Å². The zero-order valence-electron chi connectivity index (χ0n) is 18.1. The van der Waals surface area contributed by atoms with E-state index in [1.165, 1.54) is 0 Å². The van der Waals surface area contributed by atoms with Crippen molar-refractivity contribution in [1.29, 1.82) is 0 Å². The summed E-state index contributed by atoms with van der Waals surface area (Å²) in [5.74, 6) is 1.96. The van der Waals surface area contributed by atoms with Crippen molar-refractivity contribution in [1.82, 2.24) is 10.3 Å². The fourth-order valence-electron chi connectivity index (χ4n) is 3.27. The van der Waals surface area contributed by atoms with Crippen LogP contribution >= 0.6 is 0 Å². The van der Waals surface area contributed by atoms with E-state index >= 15 is 0 Å². The van der Waals surface area contributed by atoms with Gasteiger partial charge in [-0.15, -0.1) is 0 Å². The van der Waals surface area contributed by atoms with Gasteiger partial charge in [0.25, 0.3) is 5.88 Å². The second-order valence-electron chi connectivity index (χ2n) is 8.11. The van der Waals surface area contributed by atoms with Crippen molar-refractivity contribution >= 4 is 6.09 Å². The first-order valence-corrected chi connectivity index (χ1v) is 9.84. The van der Waals surface area contributed by atoms with Crippen LogP contribution in [0.4, 0.5) is 4.79 Å². The first kappa shape index (κ1) is 24.0. The largest absolute Gasteiger partial charge is 0.488 e. The highest BCUT2D eigenvalue weighted by Crippen LogP contribution is 2.30. The number of pyridine rings is 1. The van der Waals surface area contributed by atoms with Gasteiger partial charge in [0, 0.05) is 31.9 Å². The van der Waals surface area contributed by atoms with Crippen LogP contribution in [0, 0.1) is 11.8 Å². The zero-order chi connectivity index (χ0) is 21.2. The number of methoxy groups -OCH3 is 2. The van der Waals surface area contributed by atoms with E-state index in [4.69, 9.17) is 19.3 Å². The van der Waals surface area contributed by atoms with Gasteiger partial charge in [-0.25, -0.2) is 9.78 Å². The summed E-state index contributed by atoms with van der Waals surface area (Å²) in [5.41, 5.74) is 0.617. The molecule has 1 heterocycles. The predicted octanol–water partition coefficient (Wildman–Crippen LogP) is 4.15. The monoisotopic (exact) mass is 396 g/mol. The summed E-state index contributed by atoms with van der Waals surface area (Å²) in [6, 6.07) is 1.98. The van der Waals surface area contributed by atoms with Crippen LogP contribution in [0.2, 0.25) is 0 Å². The fourth-order valence-corrected chi connectivity index (χ4v) is 3.27. The molecule has 7 heteroatoms. The second kappa shape index (κ2) is 11.7. The smallest absolute Gasteiger partial charge is 0.405 e. The molecule has 0 unspecified atom stereocenters. The van der Waals surface area contributed by atoms with Crippen LogP contribution in [-0.4, -0.2) is 49.2 Å². The highest BCUT2D eigenvalue weighted by molar-refractivity contribution is 5.65. The van der Waals surface area contributed by atoms with Crippen LogP contribution in [0.15, 0.2) is 12.3 Å². The molecule has 0 aromatic carbocycles. The second-order valence-corrected chi connectivity index (χ2v) is 8.11. The van der Waals surface area contributed by atoms with Gasteiger partial charge in [-0.1, -0.05) is 13.8 Å². The molecule has 1 atom stereocenters. The van der Waals surface area contributed by atoms with Gasteiger partial charge in [-0.3, -0.25) is 0 Å². The Bertz CT molecular complexity index is 604. The summed E-state index contributed by atoms with van der Waals surface area (Å²) >= 11 is 0. The molecular weight excluding hydrogens is 360 g/mol. The van der Waals surface area contributed by atoms with Crippen LogP contribution in [-0.2, 0) is 11.2 Å². The molecule has 0 saturated carbocycles. The Balaban J connectivity index is 2.75. The summed E-state index contributed by atoms with van der Waals surface area (Å²) in [6.07, 6.45) is 4.20. The Kier molecular flexibility index (Phi) is 10.1. The van der Waals surface area contributed by atoms with Crippen LogP contribution in [0.1, 0.15) is 52.5 Å². The number of carboxylic acid groups (broad SMARTS) is 1. The van der Waals surface area contributed by atoms with Gasteiger partial charge >= 0.3 is 6.09 Å². The third kappa shape index (κ3) is 8.78. The maximum absolute atomic E-state index is 11.0. The minimum Gasteiger partial charge on any atom is -0.488 e. The van der Waals surface area contributed by atoms with Crippen molar-refractivity contribution in [2.75, 3.05) is 27.4 Å². The van der Waals surface area contributed by atoms with Crippen molar-refractivity contribution in [2.45, 2.75) is 58.9 Å². The van der Waals surface area contributed by atoms with E-state index in [2.05, 4.69) is 24.1 Å². The van der Waals surface area contributed by atoms with Crippen LogP contribution in [0.3, 0.4) is 0 Å². The SMILES string of the molecule is COCCCOc1cc(CC[C@@H](CC(C)(C)NC(=O)O)C(C)C)cnc1OC. The quantitative estimate of drug-likeness (QED) is 0.487. The van der Waals surface area contributed by atoms with Gasteiger partial charge in [0.2, 0.25) is 0 Å². The van der Waals surface area contributed by atoms with Gasteiger partial charge < -0.3 is 24.6 Å². The molecule has 1 aromatic heterocycles. The number of nitrogens with one attached hydrogen (secondary N) is 1. The molecule has 0 aliphatic carbocycles. The predicted molar refractivity (Wildman–Crippen MR) is 109 cm³/mol. The lowest BCUT2D eigenvalue weighted by Crippen LogP contribution is -2.44. The molecule has 1 aromatic rings. The van der Waals surface area contributed by atoms with Crippen molar-refractivity contribution in [2.24, 2.45) is 11.8 Å². The number of aryl methyl sites for hydroxylation is 1. The molecule has 0 aliphatic heterocycles. The molecule has 2 N–H and O–H groups in total. The maximum atomic E-state index is 11.0. The van der Waals surface area contributed by atoms with Gasteiger partial charge in [-0.2, -0.15) is 0 Å². The number of nitrogens with zero attached hydrogens (tertiary/aromatic N) is 1. The lowest BCUT2D eigenvalue weighted by molar-refractivity contribution is 0.169. The summed E-state index contributed by atoms with van der Waals surface area (Å²) < 4.78 is 16.1. The topological polar surface area (TPSA) is 89.9 Å². The van der Waals surface area contributed by atoms with Crippen LogP contribution in [0.25, 0.3) is 0 Å². The number of hydrogen-bond acceptors (Lipinski definition) is 5. The van der Waals surface area contributed by atoms with Gasteiger partial charge in [0.1, 0.15) is 0 Å². The van der Waals surface area contributed by atoms with Crippen molar-refractivity contribution in [3.8, 4) is 11.6 Å². The maximum Gasteiger partial charge on any atom is 0.405 e.